The van der Waals surface area contributed by atoms with Crippen LogP contribution in [0.2, 0.25) is 0 Å². The summed E-state index contributed by atoms with van der Waals surface area (Å²) in [5.41, 5.74) is -4.66. The molecule has 3 aromatic rings. The van der Waals surface area contributed by atoms with Gasteiger partial charge < -0.3 is 5.32 Å². The Hall–Kier alpha value is -2.43. The van der Waals surface area contributed by atoms with Crippen LogP contribution < -0.4 is 5.32 Å². The van der Waals surface area contributed by atoms with E-state index in [4.69, 9.17) is 0 Å². The Labute approximate surface area is 199 Å². The normalized spacial score (nSPS) is 12.6. The summed E-state index contributed by atoms with van der Waals surface area (Å²) >= 11 is 2.20. The number of aromatic nitrogens is 2. The Morgan fingerprint density at radius 3 is 2.32 bits per heavy atom. The smallest absolute Gasteiger partial charge is 0.302 e. The average molecular weight is 558 g/mol. The largest absolute Gasteiger partial charge is 0.501 e. The van der Waals surface area contributed by atoms with Crippen molar-refractivity contribution in [1.29, 1.82) is 0 Å². The van der Waals surface area contributed by atoms with Gasteiger partial charge in [0.15, 0.2) is 21.0 Å². The van der Waals surface area contributed by atoms with Crippen LogP contribution in [0, 0.1) is 6.92 Å². The van der Waals surface area contributed by atoms with Crippen LogP contribution in [-0.4, -0.2) is 44.2 Å². The van der Waals surface area contributed by atoms with Gasteiger partial charge in [-0.15, -0.1) is 22.7 Å². The molecule has 184 valence electrons. The number of aryl methyl sites for hydroxylation is 1. The van der Waals surface area contributed by atoms with Gasteiger partial charge in [-0.2, -0.15) is 13.2 Å². The van der Waals surface area contributed by atoms with Crippen molar-refractivity contribution < 1.29 is 39.2 Å². The van der Waals surface area contributed by atoms with E-state index in [0.717, 1.165) is 46.9 Å². The number of hydrogen-bond donors (Lipinski definition) is 1. The van der Waals surface area contributed by atoms with Crippen LogP contribution in [0.4, 0.5) is 22.7 Å². The first kappa shape index (κ1) is 26.2. The van der Waals surface area contributed by atoms with Gasteiger partial charge in [-0.05, 0) is 24.6 Å². The highest BCUT2D eigenvalue weighted by atomic mass is 32.2. The van der Waals surface area contributed by atoms with Crippen LogP contribution in [0.3, 0.4) is 0 Å². The standard InChI is InChI=1S/C18H15F4N3O5S4/c1-10-23-14(8-33(27,28)9-19)16(32-10)13-7-31-17(24-13)25-15(26)6-11-2-4-12(5-3-11)34(29,30)18(20,21)22/h2-5,7H,6,8-9H2,1H3,(H,24,25,26). The molecule has 1 N–H and O–H groups in total. The van der Waals surface area contributed by atoms with Crippen LogP contribution in [0.25, 0.3) is 10.6 Å². The second-order valence-electron chi connectivity index (χ2n) is 6.86. The fourth-order valence-electron chi connectivity index (χ4n) is 2.72. The molecule has 0 fully saturated rings. The Morgan fingerprint density at radius 1 is 1.09 bits per heavy atom. The molecule has 2 heterocycles. The maximum atomic E-state index is 12.7. The van der Waals surface area contributed by atoms with E-state index in [-0.39, 0.29) is 22.8 Å². The van der Waals surface area contributed by atoms with Crippen molar-refractivity contribution in [3.63, 3.8) is 0 Å². The van der Waals surface area contributed by atoms with Gasteiger partial charge >= 0.3 is 5.51 Å². The van der Waals surface area contributed by atoms with Crippen molar-refractivity contribution in [3.8, 4) is 10.6 Å². The van der Waals surface area contributed by atoms with Crippen LogP contribution in [0.1, 0.15) is 16.3 Å². The summed E-state index contributed by atoms with van der Waals surface area (Å²) < 4.78 is 96.6. The molecular weight excluding hydrogens is 542 g/mol. The summed E-state index contributed by atoms with van der Waals surface area (Å²) in [6.07, 6.45) is -0.263. The zero-order valence-corrected chi connectivity index (χ0v) is 20.4. The molecule has 16 heteroatoms. The van der Waals surface area contributed by atoms with E-state index in [1.165, 1.54) is 0 Å². The van der Waals surface area contributed by atoms with Gasteiger partial charge in [-0.25, -0.2) is 31.2 Å². The van der Waals surface area contributed by atoms with Crippen molar-refractivity contribution in [2.75, 3.05) is 11.3 Å². The Balaban J connectivity index is 1.70. The molecule has 0 spiro atoms. The fraction of sp³-hybridized carbons (Fsp3) is 0.278. The molecule has 0 atom stereocenters. The van der Waals surface area contributed by atoms with E-state index in [2.05, 4.69) is 15.3 Å². The molecule has 8 nitrogen and oxygen atoms in total. The molecule has 34 heavy (non-hydrogen) atoms. The zero-order chi connectivity index (χ0) is 25.3. The molecule has 3 rings (SSSR count). The molecule has 0 aliphatic carbocycles. The van der Waals surface area contributed by atoms with Gasteiger partial charge in [0.05, 0.1) is 38.3 Å². The van der Waals surface area contributed by atoms with Crippen LogP contribution in [-0.2, 0) is 36.6 Å². The van der Waals surface area contributed by atoms with E-state index in [0.29, 0.717) is 15.6 Å². The first-order valence-corrected chi connectivity index (χ1v) is 14.1. The van der Waals surface area contributed by atoms with Crippen molar-refractivity contribution in [2.45, 2.75) is 29.5 Å². The second-order valence-corrected chi connectivity index (χ2v) is 12.9. The lowest BCUT2D eigenvalue weighted by atomic mass is 10.1. The first-order valence-electron chi connectivity index (χ1n) is 9.10. The lowest BCUT2D eigenvalue weighted by molar-refractivity contribution is -0.115. The number of benzene rings is 1. The highest BCUT2D eigenvalue weighted by Crippen LogP contribution is 2.34. The SMILES string of the molecule is Cc1nc(CS(=O)(=O)CF)c(-c2csc(NC(=O)Cc3ccc(S(=O)(=O)C(F)(F)F)cc3)n2)s1. The number of anilines is 1. The third-order valence-corrected chi connectivity index (χ3v) is 8.55. The van der Waals surface area contributed by atoms with Crippen molar-refractivity contribution in [2.24, 2.45) is 0 Å². The van der Waals surface area contributed by atoms with E-state index < -0.39 is 47.7 Å². The highest BCUT2D eigenvalue weighted by Gasteiger charge is 2.46. The number of sulfone groups is 2. The number of rotatable bonds is 8. The second kappa shape index (κ2) is 9.67. The van der Waals surface area contributed by atoms with Crippen molar-refractivity contribution in [3.05, 3.63) is 45.9 Å². The minimum absolute atomic E-state index is 0.150. The van der Waals surface area contributed by atoms with E-state index in [9.17, 15) is 39.2 Å². The first-order chi connectivity index (χ1) is 15.7. The molecule has 0 aliphatic rings. The Morgan fingerprint density at radius 2 is 1.74 bits per heavy atom. The lowest BCUT2D eigenvalue weighted by Gasteiger charge is -2.08. The Bertz CT molecular complexity index is 1410. The van der Waals surface area contributed by atoms with Crippen molar-refractivity contribution in [1.82, 2.24) is 9.97 Å². The number of halogens is 4. The van der Waals surface area contributed by atoms with Crippen LogP contribution >= 0.6 is 22.7 Å². The summed E-state index contributed by atoms with van der Waals surface area (Å²) in [6, 6.07) is 2.22. The molecule has 0 unspecified atom stereocenters. The highest BCUT2D eigenvalue weighted by molar-refractivity contribution is 7.92. The van der Waals surface area contributed by atoms with Crippen molar-refractivity contribution >= 4 is 53.4 Å². The number of alkyl halides is 4. The molecule has 0 bridgehead atoms. The van der Waals surface area contributed by atoms with Gasteiger partial charge in [0.1, 0.15) is 0 Å². The number of nitrogens with one attached hydrogen (secondary N) is 1. The average Bonchev–Trinajstić information content (AvgIpc) is 3.33. The minimum Gasteiger partial charge on any atom is -0.302 e. The van der Waals surface area contributed by atoms with E-state index in [1.807, 2.05) is 0 Å². The number of thiazole rings is 2. The number of hydrogen-bond acceptors (Lipinski definition) is 9. The van der Waals surface area contributed by atoms with Gasteiger partial charge in [0.2, 0.25) is 5.91 Å². The molecular formula is C18H15F4N3O5S4. The number of carbonyl (C=O) groups is 1. The molecule has 0 radical (unpaired) electrons. The van der Waals surface area contributed by atoms with Gasteiger partial charge in [0, 0.05) is 5.38 Å². The monoisotopic (exact) mass is 557 g/mol. The topological polar surface area (TPSA) is 123 Å². The fourth-order valence-corrected chi connectivity index (χ4v) is 5.96. The molecule has 1 aromatic carbocycles. The lowest BCUT2D eigenvalue weighted by Crippen LogP contribution is -2.23. The summed E-state index contributed by atoms with van der Waals surface area (Å²) in [7, 11) is -9.45. The molecule has 0 saturated heterocycles. The third-order valence-electron chi connectivity index (χ3n) is 4.21. The quantitative estimate of drug-likeness (QED) is 0.417. The summed E-state index contributed by atoms with van der Waals surface area (Å²) in [6.45, 7) is 1.65. The maximum Gasteiger partial charge on any atom is 0.501 e. The van der Waals surface area contributed by atoms with E-state index in [1.54, 1.807) is 12.3 Å². The maximum absolute atomic E-state index is 12.7. The summed E-state index contributed by atoms with van der Waals surface area (Å²) in [5, 5.41) is 4.79. The summed E-state index contributed by atoms with van der Waals surface area (Å²) in [4.78, 5) is 20.1. The third kappa shape index (κ3) is 5.97. The molecule has 0 saturated carbocycles. The Kier molecular flexibility index (Phi) is 7.45. The van der Waals surface area contributed by atoms with Gasteiger partial charge in [-0.1, -0.05) is 12.1 Å². The predicted octanol–water partition coefficient (Wildman–Crippen LogP) is 3.89. The number of carbonyl (C=O) groups excluding carboxylic acids is 1. The molecule has 1 amide bonds. The summed E-state index contributed by atoms with van der Waals surface area (Å²) in [5.74, 6) is -1.16. The number of amides is 1. The van der Waals surface area contributed by atoms with Crippen LogP contribution in [0.15, 0.2) is 34.5 Å². The van der Waals surface area contributed by atoms with Gasteiger partial charge in [0.25, 0.3) is 9.84 Å². The van der Waals surface area contributed by atoms with E-state index >= 15 is 0 Å². The molecule has 2 aromatic heterocycles. The predicted molar refractivity (Wildman–Crippen MR) is 119 cm³/mol. The van der Waals surface area contributed by atoms with Gasteiger partial charge in [-0.3, -0.25) is 4.79 Å². The number of nitrogens with zero attached hydrogens (tertiary/aromatic N) is 2. The zero-order valence-electron chi connectivity index (χ0n) is 17.1. The van der Waals surface area contributed by atoms with Crippen LogP contribution in [0.5, 0.6) is 0 Å². The minimum atomic E-state index is -5.48. The molecule has 0 aliphatic heterocycles.